The molecule has 0 aliphatic heterocycles. The maximum atomic E-state index is 11.8. The first kappa shape index (κ1) is 24.3. The van der Waals surface area contributed by atoms with Crippen LogP contribution in [0.3, 0.4) is 0 Å². The zero-order chi connectivity index (χ0) is 20.5. The van der Waals surface area contributed by atoms with Gasteiger partial charge in [-0.3, -0.25) is 0 Å². The fraction of sp³-hybridized carbons (Fsp3) is 0.640. The van der Waals surface area contributed by atoms with Gasteiger partial charge in [0.2, 0.25) is 0 Å². The number of aryl methyl sites for hydroxylation is 1. The van der Waals surface area contributed by atoms with Crippen LogP contribution in [0, 0.1) is 0 Å². The molecule has 0 aliphatic carbocycles. The molecule has 1 N–H and O–H groups in total. The lowest BCUT2D eigenvalue weighted by Crippen LogP contribution is -2.06. The fourth-order valence-corrected chi connectivity index (χ4v) is 3.52. The molecule has 0 aromatic heterocycles. The van der Waals surface area contributed by atoms with E-state index >= 15 is 0 Å². The predicted molar refractivity (Wildman–Crippen MR) is 118 cm³/mol. The Balaban J connectivity index is 2.04. The Morgan fingerprint density at radius 2 is 1.46 bits per heavy atom. The lowest BCUT2D eigenvalue weighted by atomic mass is 9.99. The molecule has 0 radical (unpaired) electrons. The smallest absolute Gasteiger partial charge is 0.341 e. The van der Waals surface area contributed by atoms with Crippen LogP contribution in [0.25, 0.3) is 0 Å². The molecule has 28 heavy (non-hydrogen) atoms. The van der Waals surface area contributed by atoms with Gasteiger partial charge in [0, 0.05) is 0 Å². The van der Waals surface area contributed by atoms with E-state index in [1.165, 1.54) is 83.8 Å². The quantitative estimate of drug-likeness (QED) is 0.183. The Morgan fingerprint density at radius 1 is 0.893 bits per heavy atom. The average Bonchev–Trinajstić information content (AvgIpc) is 2.70. The number of allylic oxidation sites excluding steroid dienone is 2. The molecule has 158 valence electrons. The standard InChI is InChI=1S/C25H40O3/c1-3-4-5-6-7-8-9-10-11-12-13-14-15-16-17-19-22-20-18-21-23(26)24(22)25(27)28-2/h8-9,18,20-21,26H,3-7,10-17,19H2,1-2H3/b9-8-. The van der Waals surface area contributed by atoms with Gasteiger partial charge in [0.15, 0.2) is 0 Å². The molecule has 0 unspecified atom stereocenters. The monoisotopic (exact) mass is 388 g/mol. The van der Waals surface area contributed by atoms with E-state index in [0.29, 0.717) is 5.56 Å². The van der Waals surface area contributed by atoms with Crippen molar-refractivity contribution in [2.75, 3.05) is 7.11 Å². The van der Waals surface area contributed by atoms with Crippen LogP contribution >= 0.6 is 0 Å². The van der Waals surface area contributed by atoms with Crippen LogP contribution in [-0.4, -0.2) is 18.2 Å². The molecule has 3 nitrogen and oxygen atoms in total. The molecule has 0 amide bonds. The summed E-state index contributed by atoms with van der Waals surface area (Å²) in [5.41, 5.74) is 1.21. The van der Waals surface area contributed by atoms with Crippen LogP contribution in [0.2, 0.25) is 0 Å². The molecule has 0 spiro atoms. The van der Waals surface area contributed by atoms with Gasteiger partial charge in [-0.25, -0.2) is 4.79 Å². The minimum Gasteiger partial charge on any atom is -0.507 e. The number of phenolic OH excluding ortho intramolecular Hbond substituents is 1. The highest BCUT2D eigenvalue weighted by Crippen LogP contribution is 2.24. The molecule has 1 aromatic rings. The normalized spacial score (nSPS) is 11.2. The Kier molecular flexibility index (Phi) is 14.0. The van der Waals surface area contributed by atoms with Crippen molar-refractivity contribution in [1.29, 1.82) is 0 Å². The number of ether oxygens (including phenoxy) is 1. The second kappa shape index (κ2) is 16.2. The molecule has 0 atom stereocenters. The van der Waals surface area contributed by atoms with Crippen LogP contribution in [0.4, 0.5) is 0 Å². The molecule has 0 heterocycles. The number of methoxy groups -OCH3 is 1. The molecule has 0 bridgehead atoms. The molecule has 0 aliphatic rings. The van der Waals surface area contributed by atoms with Crippen LogP contribution in [0.5, 0.6) is 5.75 Å². The molecule has 1 rings (SSSR count). The van der Waals surface area contributed by atoms with Gasteiger partial charge in [0.1, 0.15) is 11.3 Å². The first-order chi connectivity index (χ1) is 13.7. The predicted octanol–water partition coefficient (Wildman–Crippen LogP) is 7.37. The summed E-state index contributed by atoms with van der Waals surface area (Å²) < 4.78 is 4.78. The molecule has 0 fully saturated rings. The van der Waals surface area contributed by atoms with Gasteiger partial charge in [0.05, 0.1) is 7.11 Å². The highest BCUT2D eigenvalue weighted by atomic mass is 16.5. The summed E-state index contributed by atoms with van der Waals surface area (Å²) in [5.74, 6) is -0.442. The summed E-state index contributed by atoms with van der Waals surface area (Å²) >= 11 is 0. The molecular formula is C25H40O3. The van der Waals surface area contributed by atoms with E-state index in [-0.39, 0.29) is 5.75 Å². The summed E-state index contributed by atoms with van der Waals surface area (Å²) in [7, 11) is 1.35. The number of unbranched alkanes of at least 4 members (excludes halogenated alkanes) is 11. The van der Waals surface area contributed by atoms with E-state index in [2.05, 4.69) is 19.1 Å². The topological polar surface area (TPSA) is 46.5 Å². The van der Waals surface area contributed by atoms with Gasteiger partial charge < -0.3 is 9.84 Å². The summed E-state index contributed by atoms with van der Waals surface area (Å²) in [6, 6.07) is 5.23. The maximum absolute atomic E-state index is 11.8. The van der Waals surface area contributed by atoms with Crippen LogP contribution < -0.4 is 0 Å². The first-order valence-electron chi connectivity index (χ1n) is 11.2. The summed E-state index contributed by atoms with van der Waals surface area (Å²) in [4.78, 5) is 11.8. The Morgan fingerprint density at radius 3 is 2.07 bits per heavy atom. The Labute approximate surface area is 172 Å². The largest absolute Gasteiger partial charge is 0.507 e. The number of esters is 1. The van der Waals surface area contributed by atoms with E-state index < -0.39 is 5.97 Å². The minimum absolute atomic E-state index is 0.0133. The Hall–Kier alpha value is -1.77. The van der Waals surface area contributed by atoms with Gasteiger partial charge in [-0.1, -0.05) is 82.6 Å². The number of hydrogen-bond acceptors (Lipinski definition) is 3. The van der Waals surface area contributed by atoms with Crippen molar-refractivity contribution < 1.29 is 14.6 Å². The van der Waals surface area contributed by atoms with Crippen molar-refractivity contribution in [3.8, 4) is 5.75 Å². The lowest BCUT2D eigenvalue weighted by molar-refractivity contribution is 0.0596. The van der Waals surface area contributed by atoms with Crippen molar-refractivity contribution in [3.05, 3.63) is 41.5 Å². The van der Waals surface area contributed by atoms with E-state index in [1.54, 1.807) is 6.07 Å². The number of carbonyl (C=O) groups excluding carboxylic acids is 1. The number of aromatic hydroxyl groups is 1. The fourth-order valence-electron chi connectivity index (χ4n) is 3.52. The van der Waals surface area contributed by atoms with Gasteiger partial charge in [-0.2, -0.15) is 0 Å². The van der Waals surface area contributed by atoms with E-state index in [1.807, 2.05) is 6.07 Å². The third-order valence-corrected chi connectivity index (χ3v) is 5.23. The van der Waals surface area contributed by atoms with E-state index in [9.17, 15) is 9.90 Å². The van der Waals surface area contributed by atoms with Crippen molar-refractivity contribution in [2.45, 2.75) is 96.8 Å². The van der Waals surface area contributed by atoms with E-state index in [4.69, 9.17) is 4.74 Å². The average molecular weight is 389 g/mol. The van der Waals surface area contributed by atoms with Gasteiger partial charge >= 0.3 is 5.97 Å². The van der Waals surface area contributed by atoms with Crippen molar-refractivity contribution in [3.63, 3.8) is 0 Å². The highest BCUT2D eigenvalue weighted by Gasteiger charge is 2.16. The van der Waals surface area contributed by atoms with Crippen LogP contribution in [0.15, 0.2) is 30.4 Å². The molecular weight excluding hydrogens is 348 g/mol. The highest BCUT2D eigenvalue weighted by molar-refractivity contribution is 5.94. The van der Waals surface area contributed by atoms with E-state index in [0.717, 1.165) is 24.8 Å². The second-order valence-electron chi connectivity index (χ2n) is 7.64. The number of phenols is 1. The molecule has 0 saturated heterocycles. The summed E-state index contributed by atoms with van der Waals surface area (Å²) in [6.45, 7) is 2.26. The van der Waals surface area contributed by atoms with Crippen molar-refractivity contribution in [2.24, 2.45) is 0 Å². The number of hydrogen-bond donors (Lipinski definition) is 1. The van der Waals surface area contributed by atoms with Gasteiger partial charge in [0.25, 0.3) is 0 Å². The van der Waals surface area contributed by atoms with Crippen LogP contribution in [0.1, 0.15) is 106 Å². The molecule has 1 aromatic carbocycles. The third-order valence-electron chi connectivity index (χ3n) is 5.23. The Bertz CT molecular complexity index is 563. The third kappa shape index (κ3) is 10.5. The second-order valence-corrected chi connectivity index (χ2v) is 7.64. The van der Waals surface area contributed by atoms with Crippen molar-refractivity contribution in [1.82, 2.24) is 0 Å². The SMILES string of the molecule is CCCCCC/C=C\CCCCCCCCCc1cccc(O)c1C(=O)OC. The van der Waals surface area contributed by atoms with Crippen LogP contribution in [-0.2, 0) is 11.2 Å². The number of benzene rings is 1. The minimum atomic E-state index is -0.455. The maximum Gasteiger partial charge on any atom is 0.341 e. The lowest BCUT2D eigenvalue weighted by Gasteiger charge is -2.09. The zero-order valence-electron chi connectivity index (χ0n) is 18.0. The number of carbonyl (C=O) groups is 1. The van der Waals surface area contributed by atoms with Gasteiger partial charge in [-0.05, 0) is 50.2 Å². The zero-order valence-corrected chi connectivity index (χ0v) is 18.0. The summed E-state index contributed by atoms with van der Waals surface area (Å²) in [5, 5.41) is 9.91. The number of rotatable bonds is 16. The summed E-state index contributed by atoms with van der Waals surface area (Å²) in [6.07, 6.45) is 22.0. The molecule has 0 saturated carbocycles. The van der Waals surface area contributed by atoms with Gasteiger partial charge in [-0.15, -0.1) is 0 Å². The molecule has 3 heteroatoms. The first-order valence-corrected chi connectivity index (χ1v) is 11.2. The van der Waals surface area contributed by atoms with Crippen molar-refractivity contribution >= 4 is 5.97 Å².